The van der Waals surface area contributed by atoms with Crippen molar-refractivity contribution in [3.05, 3.63) is 29.8 Å². The normalized spacial score (nSPS) is 31.7. The molecule has 1 aliphatic carbocycles. The third-order valence-corrected chi connectivity index (χ3v) is 3.20. The highest BCUT2D eigenvalue weighted by Crippen LogP contribution is 2.53. The van der Waals surface area contributed by atoms with Crippen LogP contribution in [0.2, 0.25) is 0 Å². The Labute approximate surface area is 78.4 Å². The molecule has 3 N–H and O–H groups in total. The van der Waals surface area contributed by atoms with Gasteiger partial charge in [0.25, 0.3) is 0 Å². The van der Waals surface area contributed by atoms with Crippen LogP contribution in [-0.4, -0.2) is 11.7 Å². The molecule has 1 aromatic rings. The highest BCUT2D eigenvalue weighted by Gasteiger charge is 2.50. The van der Waals surface area contributed by atoms with Gasteiger partial charge in [0, 0.05) is 0 Å². The average molecular weight is 177 g/mol. The summed E-state index contributed by atoms with van der Waals surface area (Å²) < 4.78 is 0. The first-order valence-corrected chi connectivity index (χ1v) is 4.66. The summed E-state index contributed by atoms with van der Waals surface area (Å²) in [7, 11) is 0. The summed E-state index contributed by atoms with van der Waals surface area (Å²) in [6.45, 7) is 2.95. The molecular formula is C11H15NO. The molecule has 0 spiro atoms. The molecule has 1 aromatic carbocycles. The second-order valence-electron chi connectivity index (χ2n) is 4.10. The SMILES string of the molecule is CC1(c2cccc(O)c2)C[C@H]1CN. The monoisotopic (exact) mass is 177 g/mol. The van der Waals surface area contributed by atoms with Gasteiger partial charge in [0.2, 0.25) is 0 Å². The molecular weight excluding hydrogens is 162 g/mol. The summed E-state index contributed by atoms with van der Waals surface area (Å²) in [5.74, 6) is 0.940. The molecule has 0 amide bonds. The molecule has 1 aliphatic rings. The van der Waals surface area contributed by atoms with Crippen LogP contribution in [0.15, 0.2) is 24.3 Å². The van der Waals surface area contributed by atoms with Gasteiger partial charge in [0.05, 0.1) is 0 Å². The highest BCUT2D eigenvalue weighted by atomic mass is 16.3. The van der Waals surface area contributed by atoms with E-state index in [-0.39, 0.29) is 5.41 Å². The third kappa shape index (κ3) is 1.31. The first-order valence-electron chi connectivity index (χ1n) is 4.66. The van der Waals surface area contributed by atoms with Gasteiger partial charge in [0.15, 0.2) is 0 Å². The molecule has 0 heterocycles. The molecule has 0 bridgehead atoms. The van der Waals surface area contributed by atoms with E-state index in [0.29, 0.717) is 11.7 Å². The van der Waals surface area contributed by atoms with Crippen LogP contribution in [0.3, 0.4) is 0 Å². The Morgan fingerprint density at radius 3 is 2.92 bits per heavy atom. The largest absolute Gasteiger partial charge is 0.508 e. The summed E-state index contributed by atoms with van der Waals surface area (Å²) in [6.07, 6.45) is 1.15. The highest BCUT2D eigenvalue weighted by molar-refractivity contribution is 5.37. The maximum Gasteiger partial charge on any atom is 0.115 e. The third-order valence-electron chi connectivity index (χ3n) is 3.20. The molecule has 1 unspecified atom stereocenters. The van der Waals surface area contributed by atoms with Crippen LogP contribution in [0.1, 0.15) is 18.9 Å². The predicted octanol–water partition coefficient (Wildman–Crippen LogP) is 1.63. The lowest BCUT2D eigenvalue weighted by Crippen LogP contribution is -2.11. The van der Waals surface area contributed by atoms with Crippen LogP contribution in [0.4, 0.5) is 0 Å². The van der Waals surface area contributed by atoms with Crippen LogP contribution in [0.25, 0.3) is 0 Å². The van der Waals surface area contributed by atoms with Crippen molar-refractivity contribution in [3.8, 4) is 5.75 Å². The molecule has 0 radical (unpaired) electrons. The fourth-order valence-electron chi connectivity index (χ4n) is 2.01. The fraction of sp³-hybridized carbons (Fsp3) is 0.455. The van der Waals surface area contributed by atoms with Gasteiger partial charge in [-0.3, -0.25) is 0 Å². The molecule has 1 saturated carbocycles. The quantitative estimate of drug-likeness (QED) is 0.721. The maximum absolute atomic E-state index is 9.33. The lowest BCUT2D eigenvalue weighted by atomic mass is 9.95. The van der Waals surface area contributed by atoms with Gasteiger partial charge in [-0.05, 0) is 42.0 Å². The first-order chi connectivity index (χ1) is 6.16. The number of benzene rings is 1. The van der Waals surface area contributed by atoms with Crippen LogP contribution in [-0.2, 0) is 5.41 Å². The minimum atomic E-state index is 0.216. The van der Waals surface area contributed by atoms with E-state index in [0.717, 1.165) is 13.0 Å². The topological polar surface area (TPSA) is 46.2 Å². The Hall–Kier alpha value is -1.02. The molecule has 0 aliphatic heterocycles. The maximum atomic E-state index is 9.33. The van der Waals surface area contributed by atoms with Gasteiger partial charge in [-0.15, -0.1) is 0 Å². The van der Waals surface area contributed by atoms with E-state index < -0.39 is 0 Å². The Morgan fingerprint density at radius 1 is 1.62 bits per heavy atom. The van der Waals surface area contributed by atoms with E-state index in [2.05, 4.69) is 13.0 Å². The van der Waals surface area contributed by atoms with Gasteiger partial charge < -0.3 is 10.8 Å². The van der Waals surface area contributed by atoms with Gasteiger partial charge in [-0.1, -0.05) is 19.1 Å². The van der Waals surface area contributed by atoms with Gasteiger partial charge >= 0.3 is 0 Å². The van der Waals surface area contributed by atoms with E-state index >= 15 is 0 Å². The summed E-state index contributed by atoms with van der Waals surface area (Å²) in [4.78, 5) is 0. The summed E-state index contributed by atoms with van der Waals surface area (Å²) in [5.41, 5.74) is 7.05. The molecule has 0 saturated heterocycles. The van der Waals surface area contributed by atoms with Gasteiger partial charge in [0.1, 0.15) is 5.75 Å². The standard InChI is InChI=1S/C11H15NO/c1-11(6-9(11)7-12)8-3-2-4-10(13)5-8/h2-5,9,13H,6-7,12H2,1H3/t9-,11?/m0/s1. The molecule has 2 rings (SSSR count). The number of hydrogen-bond acceptors (Lipinski definition) is 2. The van der Waals surface area contributed by atoms with E-state index in [1.807, 2.05) is 12.1 Å². The van der Waals surface area contributed by atoms with Crippen molar-refractivity contribution in [2.24, 2.45) is 11.7 Å². The fourth-order valence-corrected chi connectivity index (χ4v) is 2.01. The van der Waals surface area contributed by atoms with E-state index in [4.69, 9.17) is 5.73 Å². The lowest BCUT2D eigenvalue weighted by molar-refractivity contribution is 0.473. The summed E-state index contributed by atoms with van der Waals surface area (Å²) in [5, 5.41) is 9.33. The van der Waals surface area contributed by atoms with Crippen molar-refractivity contribution in [3.63, 3.8) is 0 Å². The minimum absolute atomic E-state index is 0.216. The lowest BCUT2D eigenvalue weighted by Gasteiger charge is -2.10. The number of phenols is 1. The second kappa shape index (κ2) is 2.74. The molecule has 2 nitrogen and oxygen atoms in total. The summed E-state index contributed by atoms with van der Waals surface area (Å²) >= 11 is 0. The van der Waals surface area contributed by atoms with Crippen molar-refractivity contribution < 1.29 is 5.11 Å². The van der Waals surface area contributed by atoms with Crippen molar-refractivity contribution in [1.82, 2.24) is 0 Å². The molecule has 13 heavy (non-hydrogen) atoms. The van der Waals surface area contributed by atoms with Crippen molar-refractivity contribution in [2.75, 3.05) is 6.54 Å². The van der Waals surface area contributed by atoms with Crippen molar-refractivity contribution in [1.29, 1.82) is 0 Å². The van der Waals surface area contributed by atoms with E-state index in [9.17, 15) is 5.11 Å². The van der Waals surface area contributed by atoms with Crippen LogP contribution in [0, 0.1) is 5.92 Å². The number of nitrogens with two attached hydrogens (primary N) is 1. The van der Waals surface area contributed by atoms with Gasteiger partial charge in [-0.2, -0.15) is 0 Å². The predicted molar refractivity (Wildman–Crippen MR) is 52.6 cm³/mol. The molecule has 0 aromatic heterocycles. The zero-order valence-electron chi connectivity index (χ0n) is 7.83. The number of aromatic hydroxyl groups is 1. The second-order valence-corrected chi connectivity index (χ2v) is 4.10. The van der Waals surface area contributed by atoms with Crippen molar-refractivity contribution >= 4 is 0 Å². The number of hydrogen-bond donors (Lipinski definition) is 2. The van der Waals surface area contributed by atoms with Crippen LogP contribution in [0.5, 0.6) is 5.75 Å². The molecule has 1 fully saturated rings. The van der Waals surface area contributed by atoms with E-state index in [1.54, 1.807) is 6.07 Å². The minimum Gasteiger partial charge on any atom is -0.508 e. The summed E-state index contributed by atoms with van der Waals surface area (Å²) in [6, 6.07) is 7.50. The Morgan fingerprint density at radius 2 is 2.38 bits per heavy atom. The van der Waals surface area contributed by atoms with E-state index in [1.165, 1.54) is 5.56 Å². The smallest absolute Gasteiger partial charge is 0.115 e. The van der Waals surface area contributed by atoms with Gasteiger partial charge in [-0.25, -0.2) is 0 Å². The number of phenolic OH excluding ortho intramolecular Hbond substituents is 1. The first kappa shape index (κ1) is 8.57. The number of rotatable bonds is 2. The zero-order chi connectivity index (χ0) is 9.47. The molecule has 2 atom stereocenters. The average Bonchev–Trinajstić information content (AvgIpc) is 2.79. The molecule has 2 heteroatoms. The Balaban J connectivity index is 2.27. The van der Waals surface area contributed by atoms with Crippen LogP contribution >= 0.6 is 0 Å². The van der Waals surface area contributed by atoms with Crippen molar-refractivity contribution in [2.45, 2.75) is 18.8 Å². The molecule has 70 valence electrons. The Bertz CT molecular complexity index is 324. The Kier molecular flexibility index (Phi) is 1.81. The zero-order valence-corrected chi connectivity index (χ0v) is 7.83. The van der Waals surface area contributed by atoms with Crippen LogP contribution < -0.4 is 5.73 Å².